The van der Waals surface area contributed by atoms with Gasteiger partial charge in [0.25, 0.3) is 0 Å². The van der Waals surface area contributed by atoms with Gasteiger partial charge < -0.3 is 4.42 Å². The summed E-state index contributed by atoms with van der Waals surface area (Å²) in [7, 11) is 0. The van der Waals surface area contributed by atoms with Gasteiger partial charge in [-0.15, -0.1) is 0 Å². The Morgan fingerprint density at radius 1 is 1.40 bits per heavy atom. The van der Waals surface area contributed by atoms with E-state index in [0.717, 1.165) is 6.20 Å². The lowest BCUT2D eigenvalue weighted by atomic mass is 10.2. The maximum absolute atomic E-state index is 12.8. The number of Topliss-reactive ketones (excluding diaryl/α,β-unsaturated/α-hetero) is 1. The number of pyridine rings is 1. The van der Waals surface area contributed by atoms with Crippen molar-refractivity contribution in [3.8, 4) is 11.3 Å². The molecule has 0 spiro atoms. The van der Waals surface area contributed by atoms with Crippen molar-refractivity contribution < 1.29 is 13.6 Å². The maximum Gasteiger partial charge on any atom is 0.194 e. The van der Waals surface area contributed by atoms with E-state index in [-0.39, 0.29) is 11.5 Å². The first-order valence-corrected chi connectivity index (χ1v) is 4.38. The zero-order valence-corrected chi connectivity index (χ0v) is 8.03. The summed E-state index contributed by atoms with van der Waals surface area (Å²) in [5.74, 6) is 0.0975. The number of hydrogen-bond donors (Lipinski definition) is 0. The standard InChI is InChI=1S/C11H8FNO2/c1-7(14)10-2-3-11(15-10)8-4-9(12)6-13-5-8/h2-6H,1H3. The zero-order valence-electron chi connectivity index (χ0n) is 8.03. The summed E-state index contributed by atoms with van der Waals surface area (Å²) >= 11 is 0. The largest absolute Gasteiger partial charge is 0.453 e. The van der Waals surface area contributed by atoms with Gasteiger partial charge in [0, 0.05) is 18.7 Å². The SMILES string of the molecule is CC(=O)c1ccc(-c2cncc(F)c2)o1. The van der Waals surface area contributed by atoms with Gasteiger partial charge in [-0.2, -0.15) is 0 Å². The molecule has 0 radical (unpaired) electrons. The van der Waals surface area contributed by atoms with Crippen molar-refractivity contribution in [3.63, 3.8) is 0 Å². The predicted molar refractivity (Wildman–Crippen MR) is 51.9 cm³/mol. The minimum absolute atomic E-state index is 0.161. The van der Waals surface area contributed by atoms with E-state index in [0.29, 0.717) is 11.3 Å². The summed E-state index contributed by atoms with van der Waals surface area (Å²) in [6.07, 6.45) is 2.59. The molecule has 2 aromatic heterocycles. The molecule has 0 saturated heterocycles. The van der Waals surface area contributed by atoms with Gasteiger partial charge >= 0.3 is 0 Å². The van der Waals surface area contributed by atoms with Gasteiger partial charge in [0.2, 0.25) is 0 Å². The first-order valence-electron chi connectivity index (χ1n) is 4.38. The Labute approximate surface area is 85.6 Å². The molecule has 0 bridgehead atoms. The van der Waals surface area contributed by atoms with Crippen molar-refractivity contribution in [1.29, 1.82) is 0 Å². The zero-order chi connectivity index (χ0) is 10.8. The summed E-state index contributed by atoms with van der Waals surface area (Å²) < 4.78 is 18.1. The summed E-state index contributed by atoms with van der Waals surface area (Å²) in [6.45, 7) is 1.41. The second-order valence-electron chi connectivity index (χ2n) is 3.11. The third-order valence-electron chi connectivity index (χ3n) is 1.94. The molecule has 2 aromatic rings. The van der Waals surface area contributed by atoms with E-state index in [2.05, 4.69) is 4.98 Å². The number of carbonyl (C=O) groups is 1. The lowest BCUT2D eigenvalue weighted by Gasteiger charge is -1.95. The number of rotatable bonds is 2. The molecule has 15 heavy (non-hydrogen) atoms. The number of aromatic nitrogens is 1. The molecule has 4 heteroatoms. The molecule has 0 N–H and O–H groups in total. The van der Waals surface area contributed by atoms with Crippen LogP contribution in [0.1, 0.15) is 17.5 Å². The Kier molecular flexibility index (Phi) is 2.33. The van der Waals surface area contributed by atoms with Gasteiger partial charge in [-0.05, 0) is 18.2 Å². The molecule has 0 aromatic carbocycles. The molecule has 0 atom stereocenters. The third-order valence-corrected chi connectivity index (χ3v) is 1.94. The van der Waals surface area contributed by atoms with Crippen molar-refractivity contribution in [1.82, 2.24) is 4.98 Å². The van der Waals surface area contributed by atoms with Crippen LogP contribution >= 0.6 is 0 Å². The fourth-order valence-corrected chi connectivity index (χ4v) is 1.23. The number of hydrogen-bond acceptors (Lipinski definition) is 3. The third kappa shape index (κ3) is 1.93. The van der Waals surface area contributed by atoms with Crippen LogP contribution in [0.15, 0.2) is 35.0 Å². The van der Waals surface area contributed by atoms with Crippen molar-refractivity contribution in [3.05, 3.63) is 42.2 Å². The minimum atomic E-state index is -0.437. The number of nitrogens with zero attached hydrogens (tertiary/aromatic N) is 1. The monoisotopic (exact) mass is 205 g/mol. The van der Waals surface area contributed by atoms with Crippen molar-refractivity contribution in [2.75, 3.05) is 0 Å². The minimum Gasteiger partial charge on any atom is -0.453 e. The highest BCUT2D eigenvalue weighted by molar-refractivity contribution is 5.91. The molecular formula is C11H8FNO2. The Bertz CT molecular complexity index is 505. The van der Waals surface area contributed by atoms with Gasteiger partial charge in [0.15, 0.2) is 11.5 Å². The van der Waals surface area contributed by atoms with Crippen LogP contribution < -0.4 is 0 Å². The summed E-state index contributed by atoms with van der Waals surface area (Å²) in [4.78, 5) is 14.7. The van der Waals surface area contributed by atoms with E-state index in [9.17, 15) is 9.18 Å². The molecular weight excluding hydrogens is 197 g/mol. The van der Waals surface area contributed by atoms with Crippen LogP contribution in [0, 0.1) is 5.82 Å². The molecule has 2 rings (SSSR count). The normalized spacial score (nSPS) is 10.3. The van der Waals surface area contributed by atoms with Gasteiger partial charge in [-0.1, -0.05) is 0 Å². The van der Waals surface area contributed by atoms with Gasteiger partial charge in [-0.25, -0.2) is 4.39 Å². The topological polar surface area (TPSA) is 43.1 Å². The molecule has 76 valence electrons. The van der Waals surface area contributed by atoms with E-state index >= 15 is 0 Å². The molecule has 0 unspecified atom stereocenters. The van der Waals surface area contributed by atoms with Crippen LogP contribution in [-0.2, 0) is 0 Å². The number of ketones is 1. The molecule has 2 heterocycles. The molecule has 0 fully saturated rings. The molecule has 3 nitrogen and oxygen atoms in total. The number of carbonyl (C=O) groups excluding carboxylic acids is 1. The second kappa shape index (κ2) is 3.65. The number of furan rings is 1. The molecule has 0 saturated carbocycles. The fraction of sp³-hybridized carbons (Fsp3) is 0.0909. The maximum atomic E-state index is 12.8. The summed E-state index contributed by atoms with van der Waals surface area (Å²) in [5.41, 5.74) is 0.516. The first-order chi connectivity index (χ1) is 7.16. The molecule has 0 aliphatic carbocycles. The van der Waals surface area contributed by atoms with Gasteiger partial charge in [-0.3, -0.25) is 9.78 Å². The van der Waals surface area contributed by atoms with Crippen LogP contribution in [0.2, 0.25) is 0 Å². The second-order valence-corrected chi connectivity index (χ2v) is 3.11. The fourth-order valence-electron chi connectivity index (χ4n) is 1.23. The highest BCUT2D eigenvalue weighted by Crippen LogP contribution is 2.21. The highest BCUT2D eigenvalue weighted by atomic mass is 19.1. The average Bonchev–Trinajstić information content (AvgIpc) is 2.66. The first kappa shape index (κ1) is 9.58. The van der Waals surface area contributed by atoms with Crippen LogP contribution in [-0.4, -0.2) is 10.8 Å². The molecule has 0 aliphatic heterocycles. The van der Waals surface area contributed by atoms with E-state index in [1.165, 1.54) is 19.2 Å². The van der Waals surface area contributed by atoms with Crippen molar-refractivity contribution in [2.45, 2.75) is 6.92 Å². The van der Waals surface area contributed by atoms with E-state index in [4.69, 9.17) is 4.42 Å². The van der Waals surface area contributed by atoms with Crippen molar-refractivity contribution >= 4 is 5.78 Å². The van der Waals surface area contributed by atoms with E-state index < -0.39 is 5.82 Å². The highest BCUT2D eigenvalue weighted by Gasteiger charge is 2.08. The van der Waals surface area contributed by atoms with Gasteiger partial charge in [0.05, 0.1) is 6.20 Å². The summed E-state index contributed by atoms with van der Waals surface area (Å²) in [5, 5.41) is 0. The number of halogens is 1. The quantitative estimate of drug-likeness (QED) is 0.708. The van der Waals surface area contributed by atoms with Crippen LogP contribution in [0.25, 0.3) is 11.3 Å². The van der Waals surface area contributed by atoms with Crippen LogP contribution in [0.3, 0.4) is 0 Å². The Morgan fingerprint density at radius 3 is 2.80 bits per heavy atom. The van der Waals surface area contributed by atoms with Crippen LogP contribution in [0.5, 0.6) is 0 Å². The summed E-state index contributed by atoms with van der Waals surface area (Å²) in [6, 6.07) is 4.48. The van der Waals surface area contributed by atoms with Crippen molar-refractivity contribution in [2.24, 2.45) is 0 Å². The smallest absolute Gasteiger partial charge is 0.194 e. The lowest BCUT2D eigenvalue weighted by molar-refractivity contribution is 0.0988. The Balaban J connectivity index is 2.41. The molecule has 0 amide bonds. The Morgan fingerprint density at radius 2 is 2.20 bits per heavy atom. The lowest BCUT2D eigenvalue weighted by Crippen LogP contribution is -1.86. The molecule has 0 aliphatic rings. The predicted octanol–water partition coefficient (Wildman–Crippen LogP) is 2.68. The van der Waals surface area contributed by atoms with Crippen LogP contribution in [0.4, 0.5) is 4.39 Å². The average molecular weight is 205 g/mol. The van der Waals surface area contributed by atoms with E-state index in [1.807, 2.05) is 0 Å². The van der Waals surface area contributed by atoms with E-state index in [1.54, 1.807) is 12.1 Å². The van der Waals surface area contributed by atoms with Gasteiger partial charge in [0.1, 0.15) is 11.6 Å². The Hall–Kier alpha value is -1.97.